The van der Waals surface area contributed by atoms with Crippen LogP contribution in [0.5, 0.6) is 5.75 Å². The number of carbonyl (C=O) groups excluding carboxylic acids is 1. The Bertz CT molecular complexity index is 757. The Labute approximate surface area is 184 Å². The van der Waals surface area contributed by atoms with Gasteiger partial charge in [0.2, 0.25) is 0 Å². The fourth-order valence-electron chi connectivity index (χ4n) is 3.58. The number of likely N-dealkylation sites (tertiary alicyclic amines) is 1. The first-order valence-corrected chi connectivity index (χ1v) is 10.2. The summed E-state index contributed by atoms with van der Waals surface area (Å²) in [7, 11) is 5.67. The lowest BCUT2D eigenvalue weighted by atomic mass is 10.0. The molecular formula is C21H29F3N2O6. The summed E-state index contributed by atoms with van der Waals surface area (Å²) in [6.45, 7) is 2.85. The average molecular weight is 462 g/mol. The molecule has 0 radical (unpaired) electrons. The van der Waals surface area contributed by atoms with Gasteiger partial charge in [-0.2, -0.15) is 13.2 Å². The van der Waals surface area contributed by atoms with Gasteiger partial charge in [0.15, 0.2) is 0 Å². The number of hydrogen-bond acceptors (Lipinski definition) is 6. The molecule has 2 aliphatic heterocycles. The van der Waals surface area contributed by atoms with Crippen LogP contribution in [0.4, 0.5) is 13.2 Å². The van der Waals surface area contributed by atoms with Crippen molar-refractivity contribution in [3.8, 4) is 5.75 Å². The summed E-state index contributed by atoms with van der Waals surface area (Å²) in [4.78, 5) is 25.9. The number of carboxylic acid groups (broad SMARTS) is 1. The molecule has 180 valence electrons. The van der Waals surface area contributed by atoms with E-state index in [1.165, 1.54) is 0 Å². The number of hydrogen-bond donors (Lipinski definition) is 1. The van der Waals surface area contributed by atoms with Crippen LogP contribution in [0.25, 0.3) is 0 Å². The van der Waals surface area contributed by atoms with Crippen LogP contribution in [0.15, 0.2) is 24.3 Å². The van der Waals surface area contributed by atoms with Crippen LogP contribution in [-0.4, -0.2) is 98.7 Å². The van der Waals surface area contributed by atoms with Crippen LogP contribution < -0.4 is 4.74 Å². The zero-order valence-electron chi connectivity index (χ0n) is 18.3. The quantitative estimate of drug-likeness (QED) is 0.694. The molecule has 8 nitrogen and oxygen atoms in total. The number of carbonyl (C=O) groups is 2. The van der Waals surface area contributed by atoms with E-state index in [1.54, 1.807) is 7.11 Å². The molecule has 0 spiro atoms. The molecule has 0 unspecified atom stereocenters. The number of likely N-dealkylation sites (N-methyl/N-ethyl adjacent to an activating group) is 1. The largest absolute Gasteiger partial charge is 0.497 e. The molecule has 1 amide bonds. The van der Waals surface area contributed by atoms with Crippen LogP contribution in [-0.2, 0) is 14.3 Å². The van der Waals surface area contributed by atoms with Crippen molar-refractivity contribution in [2.45, 2.75) is 37.3 Å². The molecule has 2 fully saturated rings. The molecule has 2 aliphatic rings. The maximum atomic E-state index is 13.0. The number of benzene rings is 1. The Hall–Kier alpha value is -2.37. The second kappa shape index (κ2) is 11.5. The third kappa shape index (κ3) is 7.07. The monoisotopic (exact) mass is 462 g/mol. The van der Waals surface area contributed by atoms with Crippen LogP contribution in [0, 0.1) is 0 Å². The van der Waals surface area contributed by atoms with Crippen molar-refractivity contribution in [1.82, 2.24) is 9.80 Å². The molecule has 1 N–H and O–H groups in total. The molecule has 1 aromatic carbocycles. The lowest BCUT2D eigenvalue weighted by molar-refractivity contribution is -0.192. The summed E-state index contributed by atoms with van der Waals surface area (Å²) in [6, 6.07) is 7.39. The van der Waals surface area contributed by atoms with Gasteiger partial charge >= 0.3 is 12.1 Å². The van der Waals surface area contributed by atoms with Gasteiger partial charge in [-0.05, 0) is 51.2 Å². The number of methoxy groups -OCH3 is 1. The summed E-state index contributed by atoms with van der Waals surface area (Å²) in [5.74, 6) is -1.96. The van der Waals surface area contributed by atoms with Crippen LogP contribution in [0.1, 0.15) is 23.2 Å². The molecule has 11 heteroatoms. The number of alkyl halides is 3. The Balaban J connectivity index is 0.000000451. The first-order chi connectivity index (χ1) is 15.0. The first-order valence-electron chi connectivity index (χ1n) is 10.2. The Morgan fingerprint density at radius 1 is 1.25 bits per heavy atom. The van der Waals surface area contributed by atoms with Gasteiger partial charge in [-0.15, -0.1) is 0 Å². The van der Waals surface area contributed by atoms with Crippen LogP contribution in [0.2, 0.25) is 0 Å². The molecule has 0 aliphatic carbocycles. The maximum absolute atomic E-state index is 13.0. The number of carboxylic acids is 1. The Kier molecular flexibility index (Phi) is 9.29. The van der Waals surface area contributed by atoms with Crippen molar-refractivity contribution in [1.29, 1.82) is 0 Å². The third-order valence-electron chi connectivity index (χ3n) is 5.19. The molecule has 1 aromatic rings. The second-order valence-electron chi connectivity index (χ2n) is 7.75. The molecule has 3 rings (SSSR count). The van der Waals surface area contributed by atoms with E-state index < -0.39 is 12.1 Å². The summed E-state index contributed by atoms with van der Waals surface area (Å²) in [6.07, 6.45) is -3.19. The van der Waals surface area contributed by atoms with E-state index in [-0.39, 0.29) is 24.2 Å². The van der Waals surface area contributed by atoms with Gasteiger partial charge in [-0.25, -0.2) is 4.79 Å². The van der Waals surface area contributed by atoms with Crippen molar-refractivity contribution in [3.63, 3.8) is 0 Å². The number of amides is 1. The minimum absolute atomic E-state index is 0.0156. The van der Waals surface area contributed by atoms with Crippen molar-refractivity contribution < 1.29 is 42.1 Å². The molecular weight excluding hydrogens is 433 g/mol. The highest BCUT2D eigenvalue weighted by molar-refractivity contribution is 5.94. The number of fused-ring (bicyclic) bond motifs is 1. The number of rotatable bonds is 6. The van der Waals surface area contributed by atoms with Gasteiger partial charge in [-0.1, -0.05) is 0 Å². The van der Waals surface area contributed by atoms with Gasteiger partial charge in [0.1, 0.15) is 18.0 Å². The summed E-state index contributed by atoms with van der Waals surface area (Å²) in [5, 5.41) is 7.12. The molecule has 0 saturated carbocycles. The Morgan fingerprint density at radius 3 is 2.41 bits per heavy atom. The SMILES string of the molecule is COc1ccc(C(=O)N2C[C@H](OCCN(C)C)[C@H]3OCCC[C@H]32)cc1.O=C(O)C(F)(F)F. The minimum atomic E-state index is -5.08. The summed E-state index contributed by atoms with van der Waals surface area (Å²) < 4.78 is 48.9. The van der Waals surface area contributed by atoms with E-state index in [9.17, 15) is 18.0 Å². The fraction of sp³-hybridized carbons (Fsp3) is 0.619. The first kappa shape index (κ1) is 25.9. The zero-order valence-corrected chi connectivity index (χ0v) is 18.3. The van der Waals surface area contributed by atoms with Crippen molar-refractivity contribution >= 4 is 11.9 Å². The molecule has 0 bridgehead atoms. The molecule has 2 heterocycles. The zero-order chi connectivity index (χ0) is 23.9. The van der Waals surface area contributed by atoms with E-state index in [4.69, 9.17) is 24.1 Å². The van der Waals surface area contributed by atoms with Crippen molar-refractivity contribution in [2.24, 2.45) is 0 Å². The topological polar surface area (TPSA) is 88.5 Å². The number of aliphatic carboxylic acids is 1. The van der Waals surface area contributed by atoms with E-state index >= 15 is 0 Å². The molecule has 0 aromatic heterocycles. The predicted octanol–water partition coefficient (Wildman–Crippen LogP) is 2.28. The van der Waals surface area contributed by atoms with E-state index in [0.717, 1.165) is 31.7 Å². The summed E-state index contributed by atoms with van der Waals surface area (Å²) >= 11 is 0. The smallest absolute Gasteiger partial charge is 0.490 e. The highest BCUT2D eigenvalue weighted by atomic mass is 19.4. The highest BCUT2D eigenvalue weighted by Crippen LogP contribution is 2.32. The summed E-state index contributed by atoms with van der Waals surface area (Å²) in [5.41, 5.74) is 0.680. The van der Waals surface area contributed by atoms with Crippen LogP contribution in [0.3, 0.4) is 0 Å². The number of nitrogens with zero attached hydrogens (tertiary/aromatic N) is 2. The molecule has 2 saturated heterocycles. The standard InChI is InChI=1S/C19H28N2O4.C2HF3O2/c1-20(2)10-12-24-17-13-21(16-5-4-11-25-18(16)17)19(22)14-6-8-15(23-3)9-7-14;3-2(4,5)1(6)7/h6-9,16-18H,4-5,10-13H2,1-3H3;(H,6,7)/t16-,17+,18+;/m1./s1. The Morgan fingerprint density at radius 2 is 1.88 bits per heavy atom. The number of halogens is 3. The second-order valence-corrected chi connectivity index (χ2v) is 7.75. The van der Waals surface area contributed by atoms with Crippen LogP contribution >= 0.6 is 0 Å². The minimum Gasteiger partial charge on any atom is -0.497 e. The van der Waals surface area contributed by atoms with Crippen molar-refractivity contribution in [3.05, 3.63) is 29.8 Å². The molecule has 32 heavy (non-hydrogen) atoms. The van der Waals surface area contributed by atoms with E-state index in [1.807, 2.05) is 43.3 Å². The lowest BCUT2D eigenvalue weighted by Gasteiger charge is -2.32. The lowest BCUT2D eigenvalue weighted by Crippen LogP contribution is -2.44. The number of ether oxygens (including phenoxy) is 3. The highest BCUT2D eigenvalue weighted by Gasteiger charge is 2.46. The van der Waals surface area contributed by atoms with Gasteiger partial charge in [0.25, 0.3) is 5.91 Å². The van der Waals surface area contributed by atoms with Gasteiger partial charge in [0, 0.05) is 18.7 Å². The van der Waals surface area contributed by atoms with Gasteiger partial charge in [0.05, 0.1) is 26.3 Å². The fourth-order valence-corrected chi connectivity index (χ4v) is 3.58. The van der Waals surface area contributed by atoms with Gasteiger partial charge < -0.3 is 29.1 Å². The van der Waals surface area contributed by atoms with Gasteiger partial charge in [-0.3, -0.25) is 4.79 Å². The average Bonchev–Trinajstić information content (AvgIpc) is 3.11. The van der Waals surface area contributed by atoms with E-state index in [2.05, 4.69) is 4.90 Å². The van der Waals surface area contributed by atoms with E-state index in [0.29, 0.717) is 18.7 Å². The maximum Gasteiger partial charge on any atom is 0.490 e. The van der Waals surface area contributed by atoms with Crippen molar-refractivity contribution in [2.75, 3.05) is 47.5 Å². The predicted molar refractivity (Wildman–Crippen MR) is 109 cm³/mol. The third-order valence-corrected chi connectivity index (χ3v) is 5.19. The normalized spacial score (nSPS) is 22.7. The molecule has 3 atom stereocenters.